The summed E-state index contributed by atoms with van der Waals surface area (Å²) in [7, 11) is 0. The molecule has 2 aliphatic rings. The molecule has 0 saturated carbocycles. The number of ether oxygens (including phenoxy) is 2. The maximum atomic E-state index is 6.40. The van der Waals surface area contributed by atoms with Crippen molar-refractivity contribution in [2.45, 2.75) is 69.6 Å². The minimum absolute atomic E-state index is 0.0373. The van der Waals surface area contributed by atoms with Gasteiger partial charge in [-0.05, 0) is 33.1 Å². The van der Waals surface area contributed by atoms with Gasteiger partial charge in [0, 0.05) is 11.2 Å². The third kappa shape index (κ3) is 2.30. The summed E-state index contributed by atoms with van der Waals surface area (Å²) < 4.78 is 12.5. The lowest BCUT2D eigenvalue weighted by Gasteiger charge is -2.35. The molecule has 2 bridgehead atoms. The maximum Gasteiger partial charge on any atom is 0.0936 e. The van der Waals surface area contributed by atoms with Gasteiger partial charge in [-0.25, -0.2) is 0 Å². The van der Waals surface area contributed by atoms with Gasteiger partial charge in [-0.1, -0.05) is 41.4 Å². The highest BCUT2D eigenvalue weighted by Gasteiger charge is 2.65. The van der Waals surface area contributed by atoms with Crippen LogP contribution >= 0.6 is 15.9 Å². The van der Waals surface area contributed by atoms with E-state index in [9.17, 15) is 0 Å². The number of hydrogen-bond acceptors (Lipinski definition) is 2. The summed E-state index contributed by atoms with van der Waals surface area (Å²) in [5.74, 6) is 0.515. The third-order valence-electron chi connectivity index (χ3n) is 4.49. The summed E-state index contributed by atoms with van der Waals surface area (Å²) in [5.41, 5.74) is 1.15. The minimum Gasteiger partial charge on any atom is -0.371 e. The van der Waals surface area contributed by atoms with Crippen LogP contribution < -0.4 is 0 Å². The number of allylic oxidation sites excluding steroid dienone is 1. The third-order valence-corrected chi connectivity index (χ3v) is 5.59. The Labute approximate surface area is 119 Å². The van der Waals surface area contributed by atoms with Crippen molar-refractivity contribution in [2.75, 3.05) is 6.61 Å². The van der Waals surface area contributed by atoms with E-state index in [1.165, 1.54) is 5.57 Å². The Kier molecular flexibility index (Phi) is 3.97. The second-order valence-corrected chi connectivity index (χ2v) is 7.61. The lowest BCUT2D eigenvalue weighted by Crippen LogP contribution is -2.45. The summed E-state index contributed by atoms with van der Waals surface area (Å²) in [6, 6.07) is 0. The lowest BCUT2D eigenvalue weighted by molar-refractivity contribution is -0.0892. The smallest absolute Gasteiger partial charge is 0.0936 e. The Morgan fingerprint density at radius 3 is 2.61 bits per heavy atom. The van der Waals surface area contributed by atoms with Gasteiger partial charge in [-0.2, -0.15) is 0 Å². The van der Waals surface area contributed by atoms with Crippen molar-refractivity contribution in [2.24, 2.45) is 5.92 Å². The fourth-order valence-electron chi connectivity index (χ4n) is 3.22. The van der Waals surface area contributed by atoms with Gasteiger partial charge in [0.2, 0.25) is 0 Å². The van der Waals surface area contributed by atoms with Crippen molar-refractivity contribution < 1.29 is 9.47 Å². The summed E-state index contributed by atoms with van der Waals surface area (Å²) in [5, 5.41) is 0. The van der Waals surface area contributed by atoms with Crippen LogP contribution in [0.1, 0.15) is 47.5 Å². The van der Waals surface area contributed by atoms with Crippen LogP contribution in [-0.2, 0) is 9.47 Å². The minimum atomic E-state index is -0.117. The molecule has 2 fully saturated rings. The molecule has 0 aromatic heterocycles. The van der Waals surface area contributed by atoms with Gasteiger partial charge in [0.1, 0.15) is 0 Å². The van der Waals surface area contributed by atoms with Crippen molar-refractivity contribution in [1.82, 2.24) is 0 Å². The van der Waals surface area contributed by atoms with Gasteiger partial charge in [0.25, 0.3) is 0 Å². The molecule has 2 nitrogen and oxygen atoms in total. The fourth-order valence-corrected chi connectivity index (χ4v) is 4.67. The van der Waals surface area contributed by atoms with Gasteiger partial charge in [-0.3, -0.25) is 0 Å². The molecule has 4 atom stereocenters. The largest absolute Gasteiger partial charge is 0.371 e. The van der Waals surface area contributed by atoms with Crippen LogP contribution in [0.5, 0.6) is 0 Å². The van der Waals surface area contributed by atoms with Crippen molar-refractivity contribution in [3.63, 3.8) is 0 Å². The molecule has 2 rings (SSSR count). The fraction of sp³-hybridized carbons (Fsp3) is 0.867. The lowest BCUT2D eigenvalue weighted by atomic mass is 9.75. The molecule has 0 aromatic carbocycles. The van der Waals surface area contributed by atoms with Gasteiger partial charge >= 0.3 is 0 Å². The van der Waals surface area contributed by atoms with Crippen LogP contribution in [0, 0.1) is 5.92 Å². The van der Waals surface area contributed by atoms with E-state index in [4.69, 9.17) is 9.47 Å². The second-order valence-electron chi connectivity index (χ2n) is 6.50. The van der Waals surface area contributed by atoms with E-state index in [1.807, 2.05) is 0 Å². The summed E-state index contributed by atoms with van der Waals surface area (Å²) >= 11 is 3.81. The first-order valence-electron chi connectivity index (χ1n) is 6.89. The zero-order valence-electron chi connectivity index (χ0n) is 12.1. The molecule has 0 spiro atoms. The van der Waals surface area contributed by atoms with Crippen molar-refractivity contribution in [3.8, 4) is 0 Å². The van der Waals surface area contributed by atoms with Crippen LogP contribution in [0.4, 0.5) is 0 Å². The van der Waals surface area contributed by atoms with Crippen LogP contribution in [0.25, 0.3) is 0 Å². The molecular weight excluding hydrogens is 292 g/mol. The number of fused-ring (bicyclic) bond motifs is 2. The average Bonchev–Trinajstić information content (AvgIpc) is 2.66. The highest BCUT2D eigenvalue weighted by Crippen LogP contribution is 2.57. The van der Waals surface area contributed by atoms with Crippen molar-refractivity contribution >= 4 is 15.9 Å². The SMILES string of the molecule is CC(C)=CCOC1CC2(C(C)C)OC1(C)CC2Br. The molecule has 104 valence electrons. The standard InChI is InChI=1S/C15H25BrO2/c1-10(2)6-7-17-13-9-15(11(3)4)12(16)8-14(13,5)18-15/h6,11-13H,7-9H2,1-5H3. The molecular formula is C15H25BrO2. The van der Waals surface area contributed by atoms with Crippen LogP contribution in [-0.4, -0.2) is 28.7 Å². The summed E-state index contributed by atoms with van der Waals surface area (Å²) in [4.78, 5) is 0.457. The number of hydrogen-bond donors (Lipinski definition) is 0. The molecule has 3 heteroatoms. The predicted molar refractivity (Wildman–Crippen MR) is 78.2 cm³/mol. The van der Waals surface area contributed by atoms with Crippen LogP contribution in [0.2, 0.25) is 0 Å². The molecule has 0 amide bonds. The second kappa shape index (κ2) is 4.92. The number of halogens is 1. The number of alkyl halides is 1. The van der Waals surface area contributed by atoms with E-state index in [0.717, 1.165) is 12.8 Å². The first-order chi connectivity index (χ1) is 8.30. The van der Waals surface area contributed by atoms with Gasteiger partial charge < -0.3 is 9.47 Å². The topological polar surface area (TPSA) is 18.5 Å². The maximum absolute atomic E-state index is 6.40. The van der Waals surface area contributed by atoms with E-state index in [1.54, 1.807) is 0 Å². The predicted octanol–water partition coefficient (Wildman–Crippen LogP) is 4.08. The van der Waals surface area contributed by atoms with Crippen LogP contribution in [0.15, 0.2) is 11.6 Å². The monoisotopic (exact) mass is 316 g/mol. The molecule has 2 aliphatic heterocycles. The van der Waals surface area contributed by atoms with Crippen molar-refractivity contribution in [3.05, 3.63) is 11.6 Å². The molecule has 4 unspecified atom stereocenters. The Bertz CT molecular complexity index is 348. The molecule has 0 aromatic rings. The zero-order chi connectivity index (χ0) is 13.6. The number of rotatable bonds is 4. The molecule has 2 heterocycles. The van der Waals surface area contributed by atoms with E-state index in [2.05, 4.69) is 56.6 Å². The first-order valence-corrected chi connectivity index (χ1v) is 7.81. The molecule has 0 radical (unpaired) electrons. The van der Waals surface area contributed by atoms with Crippen molar-refractivity contribution in [1.29, 1.82) is 0 Å². The Balaban J connectivity index is 2.07. The molecule has 0 aliphatic carbocycles. The molecule has 18 heavy (non-hydrogen) atoms. The molecule has 2 saturated heterocycles. The highest BCUT2D eigenvalue weighted by atomic mass is 79.9. The van der Waals surface area contributed by atoms with E-state index in [-0.39, 0.29) is 17.3 Å². The van der Waals surface area contributed by atoms with Gasteiger partial charge in [0.15, 0.2) is 0 Å². The van der Waals surface area contributed by atoms with Gasteiger partial charge in [0.05, 0.1) is 23.9 Å². The normalized spacial score (nSPS) is 42.6. The van der Waals surface area contributed by atoms with E-state index < -0.39 is 0 Å². The van der Waals surface area contributed by atoms with E-state index >= 15 is 0 Å². The van der Waals surface area contributed by atoms with Gasteiger partial charge in [-0.15, -0.1) is 0 Å². The Morgan fingerprint density at radius 2 is 2.11 bits per heavy atom. The summed E-state index contributed by atoms with van der Waals surface area (Å²) in [6.07, 6.45) is 4.42. The van der Waals surface area contributed by atoms with Crippen LogP contribution in [0.3, 0.4) is 0 Å². The molecule has 0 N–H and O–H groups in total. The summed E-state index contributed by atoms with van der Waals surface area (Å²) in [6.45, 7) is 11.6. The zero-order valence-corrected chi connectivity index (χ0v) is 13.7. The first kappa shape index (κ1) is 14.5. The highest BCUT2D eigenvalue weighted by molar-refractivity contribution is 9.09. The Morgan fingerprint density at radius 1 is 1.44 bits per heavy atom. The quantitative estimate of drug-likeness (QED) is 0.574. The Hall–Kier alpha value is 0.140. The average molecular weight is 317 g/mol. The van der Waals surface area contributed by atoms with E-state index in [0.29, 0.717) is 17.4 Å².